The van der Waals surface area contributed by atoms with Crippen molar-refractivity contribution in [3.63, 3.8) is 0 Å². The minimum absolute atomic E-state index is 0.0638. The maximum atomic E-state index is 15.2. The first kappa shape index (κ1) is 27.4. The zero-order chi connectivity index (χ0) is 28.1. The number of fused-ring (bicyclic) bond motifs is 1. The largest absolute Gasteiger partial charge is 0.493 e. The molecule has 0 radical (unpaired) electrons. The van der Waals surface area contributed by atoms with Crippen LogP contribution in [0.15, 0.2) is 48.8 Å². The van der Waals surface area contributed by atoms with Crippen molar-refractivity contribution in [1.29, 1.82) is 0 Å². The smallest absolute Gasteiger partial charge is 0.387 e. The van der Waals surface area contributed by atoms with Crippen molar-refractivity contribution in [2.24, 2.45) is 5.73 Å². The van der Waals surface area contributed by atoms with Gasteiger partial charge in [0.25, 0.3) is 5.91 Å². The lowest BCUT2D eigenvalue weighted by Crippen LogP contribution is -2.17. The van der Waals surface area contributed by atoms with Crippen molar-refractivity contribution < 1.29 is 41.3 Å². The van der Waals surface area contributed by atoms with E-state index in [2.05, 4.69) is 20.0 Å². The van der Waals surface area contributed by atoms with Crippen molar-refractivity contribution >= 4 is 16.8 Å². The van der Waals surface area contributed by atoms with Crippen LogP contribution < -0.4 is 30.0 Å². The number of nitrogens with zero attached hydrogens (tertiary/aromatic N) is 2. The zero-order valence-corrected chi connectivity index (χ0v) is 20.6. The van der Waals surface area contributed by atoms with Crippen molar-refractivity contribution in [2.75, 3.05) is 27.3 Å². The molecule has 0 atom stereocenters. The van der Waals surface area contributed by atoms with Gasteiger partial charge < -0.3 is 30.0 Å². The van der Waals surface area contributed by atoms with Crippen molar-refractivity contribution in [2.45, 2.75) is 6.61 Å². The minimum Gasteiger partial charge on any atom is -0.493 e. The number of rotatable bonds is 11. The zero-order valence-electron chi connectivity index (χ0n) is 20.6. The number of hydrogen-bond acceptors (Lipinski definition) is 8. The first-order chi connectivity index (χ1) is 18.7. The number of halogens is 4. The van der Waals surface area contributed by atoms with Crippen LogP contribution in [-0.2, 0) is 0 Å². The number of primary amides is 1. The number of benzene rings is 2. The molecule has 4 aromatic rings. The van der Waals surface area contributed by atoms with E-state index in [4.69, 9.17) is 19.9 Å². The Morgan fingerprint density at radius 2 is 1.69 bits per heavy atom. The second kappa shape index (κ2) is 11.8. The van der Waals surface area contributed by atoms with Gasteiger partial charge in [0.15, 0.2) is 28.9 Å². The Kier molecular flexibility index (Phi) is 8.30. The molecular weight excluding hydrogens is 524 g/mol. The third-order valence-corrected chi connectivity index (χ3v) is 5.46. The van der Waals surface area contributed by atoms with Crippen molar-refractivity contribution in [1.82, 2.24) is 15.3 Å². The normalized spacial score (nSPS) is 11.1. The Hall–Kier alpha value is -4.65. The molecular formula is C26H22F4N4O5. The lowest BCUT2D eigenvalue weighted by molar-refractivity contribution is -0.0501. The van der Waals surface area contributed by atoms with E-state index in [9.17, 15) is 13.6 Å². The monoisotopic (exact) mass is 546 g/mol. The van der Waals surface area contributed by atoms with Crippen LogP contribution in [0.5, 0.6) is 28.7 Å². The van der Waals surface area contributed by atoms with Gasteiger partial charge in [0, 0.05) is 36.0 Å². The van der Waals surface area contributed by atoms with E-state index in [-0.39, 0.29) is 17.0 Å². The van der Waals surface area contributed by atoms with Crippen LogP contribution in [0.2, 0.25) is 0 Å². The Labute approximate surface area is 219 Å². The van der Waals surface area contributed by atoms with Crippen LogP contribution in [0, 0.1) is 11.6 Å². The average Bonchev–Trinajstić information content (AvgIpc) is 2.89. The summed E-state index contributed by atoms with van der Waals surface area (Å²) in [6.07, 6.45) is 2.43. The van der Waals surface area contributed by atoms with Crippen LogP contribution >= 0.6 is 0 Å². The fourth-order valence-corrected chi connectivity index (χ4v) is 3.75. The van der Waals surface area contributed by atoms with Crippen LogP contribution in [0.3, 0.4) is 0 Å². The van der Waals surface area contributed by atoms with Gasteiger partial charge in [-0.05, 0) is 37.4 Å². The fourth-order valence-electron chi connectivity index (χ4n) is 3.75. The quantitative estimate of drug-likeness (QED) is 0.206. The topological polar surface area (TPSA) is 118 Å². The first-order valence-electron chi connectivity index (χ1n) is 11.4. The molecule has 0 saturated heterocycles. The Morgan fingerprint density at radius 1 is 1.00 bits per heavy atom. The minimum atomic E-state index is -3.27. The van der Waals surface area contributed by atoms with E-state index in [1.165, 1.54) is 19.4 Å². The molecule has 2 aromatic heterocycles. The van der Waals surface area contributed by atoms with E-state index in [1.807, 2.05) is 0 Å². The molecule has 9 nitrogen and oxygen atoms in total. The van der Waals surface area contributed by atoms with Crippen LogP contribution in [-0.4, -0.2) is 49.8 Å². The molecule has 13 heteroatoms. The maximum absolute atomic E-state index is 15.2. The average molecular weight is 546 g/mol. The van der Waals surface area contributed by atoms with Gasteiger partial charge in [-0.1, -0.05) is 0 Å². The predicted molar refractivity (Wildman–Crippen MR) is 133 cm³/mol. The number of nitrogens with two attached hydrogens (primary N) is 1. The number of nitrogens with one attached hydrogen (secondary N) is 1. The van der Waals surface area contributed by atoms with Gasteiger partial charge >= 0.3 is 6.61 Å². The van der Waals surface area contributed by atoms with Gasteiger partial charge in [-0.2, -0.15) is 8.78 Å². The summed E-state index contributed by atoms with van der Waals surface area (Å²) >= 11 is 0. The molecule has 0 aliphatic heterocycles. The summed E-state index contributed by atoms with van der Waals surface area (Å²) in [5.74, 6) is -4.02. The SMILES string of the molecule is CNCCOc1cc2nccc(Oc3c(F)cc(-c4nccc(OC(F)F)c4C(N)=O)cc3F)c2cc1OC. The standard InChI is InChI=1S/C26H22F4N4O5/c1-32-7-8-37-21-12-17-14(11-20(21)36-2)18(3-5-33-17)38-24-15(27)9-13(10-16(24)28)23-22(25(31)35)19(4-6-34-23)39-26(29)30/h3-6,9-12,26,32H,7-8H2,1-2H3,(H2,31,35). The molecule has 39 heavy (non-hydrogen) atoms. The number of carbonyl (C=O) groups excluding carboxylic acids is 1. The lowest BCUT2D eigenvalue weighted by Gasteiger charge is -2.15. The Bertz CT molecular complexity index is 1500. The number of ether oxygens (including phenoxy) is 4. The fraction of sp³-hybridized carbons (Fsp3) is 0.192. The molecule has 4 rings (SSSR count). The molecule has 0 aliphatic carbocycles. The highest BCUT2D eigenvalue weighted by atomic mass is 19.3. The first-order valence-corrected chi connectivity index (χ1v) is 11.4. The summed E-state index contributed by atoms with van der Waals surface area (Å²) in [5.41, 5.74) is 4.56. The number of carbonyl (C=O) groups is 1. The predicted octanol–water partition coefficient (Wildman–Crippen LogP) is 4.67. The number of amides is 1. The summed E-state index contributed by atoms with van der Waals surface area (Å²) in [7, 11) is 3.22. The number of likely N-dealkylation sites (N-methyl/N-ethyl adjacent to an activating group) is 1. The summed E-state index contributed by atoms with van der Waals surface area (Å²) in [4.78, 5) is 20.1. The molecule has 0 saturated carbocycles. The number of alkyl halides is 2. The van der Waals surface area contributed by atoms with Gasteiger partial charge in [-0.3, -0.25) is 14.8 Å². The molecule has 204 valence electrons. The van der Waals surface area contributed by atoms with Gasteiger partial charge in [0.05, 0.1) is 18.3 Å². The summed E-state index contributed by atoms with van der Waals surface area (Å²) in [6, 6.07) is 7.23. The van der Waals surface area contributed by atoms with E-state index in [0.717, 1.165) is 24.4 Å². The highest BCUT2D eigenvalue weighted by molar-refractivity contribution is 6.01. The Balaban J connectivity index is 1.73. The highest BCUT2D eigenvalue weighted by Crippen LogP contribution is 2.39. The van der Waals surface area contributed by atoms with Gasteiger partial charge in [0.1, 0.15) is 23.7 Å². The second-order valence-electron chi connectivity index (χ2n) is 7.93. The maximum Gasteiger partial charge on any atom is 0.387 e. The molecule has 2 heterocycles. The molecule has 3 N–H and O–H groups in total. The molecule has 0 aliphatic rings. The van der Waals surface area contributed by atoms with Crippen LogP contribution in [0.1, 0.15) is 10.4 Å². The molecule has 0 spiro atoms. The second-order valence-corrected chi connectivity index (χ2v) is 7.93. The third kappa shape index (κ3) is 5.93. The van der Waals surface area contributed by atoms with Crippen molar-refractivity contribution in [3.8, 4) is 40.0 Å². The summed E-state index contributed by atoms with van der Waals surface area (Å²) in [6.45, 7) is -2.32. The number of methoxy groups -OCH3 is 1. The van der Waals surface area contributed by atoms with E-state index < -0.39 is 41.2 Å². The lowest BCUT2D eigenvalue weighted by atomic mass is 10.0. The molecule has 0 unspecified atom stereocenters. The molecule has 2 aromatic carbocycles. The van der Waals surface area contributed by atoms with Crippen LogP contribution in [0.4, 0.5) is 17.6 Å². The van der Waals surface area contributed by atoms with Crippen LogP contribution in [0.25, 0.3) is 22.2 Å². The molecule has 1 amide bonds. The molecule has 0 fully saturated rings. The van der Waals surface area contributed by atoms with Gasteiger partial charge in [-0.15, -0.1) is 0 Å². The van der Waals surface area contributed by atoms with E-state index in [0.29, 0.717) is 35.6 Å². The number of aromatic nitrogens is 2. The highest BCUT2D eigenvalue weighted by Gasteiger charge is 2.23. The van der Waals surface area contributed by atoms with Gasteiger partial charge in [0.2, 0.25) is 0 Å². The summed E-state index contributed by atoms with van der Waals surface area (Å²) in [5, 5.41) is 3.34. The van der Waals surface area contributed by atoms with E-state index in [1.54, 1.807) is 19.2 Å². The molecule has 0 bridgehead atoms. The van der Waals surface area contributed by atoms with Crippen molar-refractivity contribution in [3.05, 3.63) is 66.0 Å². The van der Waals surface area contributed by atoms with Gasteiger partial charge in [-0.25, -0.2) is 8.78 Å². The van der Waals surface area contributed by atoms with E-state index >= 15 is 8.78 Å². The Morgan fingerprint density at radius 3 is 2.33 bits per heavy atom. The third-order valence-electron chi connectivity index (χ3n) is 5.46. The number of pyridine rings is 2. The number of hydrogen-bond donors (Lipinski definition) is 2. The summed E-state index contributed by atoms with van der Waals surface area (Å²) < 4.78 is 76.9.